The smallest absolute Gasteiger partial charge is 0.254 e. The molecular formula is C11H13F2NO2. The van der Waals surface area contributed by atoms with E-state index >= 15 is 0 Å². The van der Waals surface area contributed by atoms with Crippen molar-refractivity contribution >= 4 is 5.91 Å². The van der Waals surface area contributed by atoms with E-state index in [1.165, 1.54) is 7.11 Å². The Morgan fingerprint density at radius 3 is 2.81 bits per heavy atom. The van der Waals surface area contributed by atoms with Gasteiger partial charge in [-0.2, -0.15) is 0 Å². The van der Waals surface area contributed by atoms with Crippen LogP contribution in [0.25, 0.3) is 0 Å². The number of nitrogens with one attached hydrogen (secondary N) is 1. The van der Waals surface area contributed by atoms with E-state index in [1.54, 1.807) is 6.92 Å². The second-order valence-corrected chi connectivity index (χ2v) is 3.45. The molecule has 1 rings (SSSR count). The molecule has 0 aliphatic heterocycles. The second kappa shape index (κ2) is 5.55. The molecule has 0 radical (unpaired) electrons. The van der Waals surface area contributed by atoms with Crippen LogP contribution >= 0.6 is 0 Å². The SMILES string of the molecule is COCC(C)NC(=O)c1cc(F)ccc1F. The van der Waals surface area contributed by atoms with Crippen LogP contribution in [0.4, 0.5) is 8.78 Å². The average Bonchev–Trinajstić information content (AvgIpc) is 2.21. The van der Waals surface area contributed by atoms with E-state index in [-0.39, 0.29) is 11.6 Å². The highest BCUT2D eigenvalue weighted by Crippen LogP contribution is 2.09. The van der Waals surface area contributed by atoms with E-state index in [1.807, 2.05) is 0 Å². The van der Waals surface area contributed by atoms with Crippen LogP contribution < -0.4 is 5.32 Å². The lowest BCUT2D eigenvalue weighted by Gasteiger charge is -2.12. The molecule has 1 aromatic carbocycles. The van der Waals surface area contributed by atoms with Crippen LogP contribution in [0.1, 0.15) is 17.3 Å². The van der Waals surface area contributed by atoms with Crippen LogP contribution in [-0.4, -0.2) is 25.7 Å². The molecule has 1 unspecified atom stereocenters. The molecular weight excluding hydrogens is 216 g/mol. The van der Waals surface area contributed by atoms with Crippen LogP contribution in [0.5, 0.6) is 0 Å². The third-order valence-electron chi connectivity index (χ3n) is 1.97. The molecule has 0 aliphatic carbocycles. The summed E-state index contributed by atoms with van der Waals surface area (Å²) in [5.74, 6) is -2.05. The molecule has 0 aromatic heterocycles. The summed E-state index contributed by atoms with van der Waals surface area (Å²) < 4.78 is 30.8. The number of amides is 1. The predicted molar refractivity (Wildman–Crippen MR) is 55.2 cm³/mol. The van der Waals surface area contributed by atoms with Crippen LogP contribution in [0.2, 0.25) is 0 Å². The monoisotopic (exact) mass is 229 g/mol. The predicted octanol–water partition coefficient (Wildman–Crippen LogP) is 1.73. The van der Waals surface area contributed by atoms with E-state index in [9.17, 15) is 13.6 Å². The van der Waals surface area contributed by atoms with Crippen molar-refractivity contribution in [1.29, 1.82) is 0 Å². The lowest BCUT2D eigenvalue weighted by molar-refractivity contribution is 0.0901. The number of methoxy groups -OCH3 is 1. The second-order valence-electron chi connectivity index (χ2n) is 3.45. The molecule has 16 heavy (non-hydrogen) atoms. The first kappa shape index (κ1) is 12.6. The van der Waals surface area contributed by atoms with Gasteiger partial charge >= 0.3 is 0 Å². The fourth-order valence-corrected chi connectivity index (χ4v) is 1.26. The molecule has 0 fully saturated rings. The molecule has 0 saturated heterocycles. The maximum absolute atomic E-state index is 13.2. The fourth-order valence-electron chi connectivity index (χ4n) is 1.26. The van der Waals surface area contributed by atoms with Gasteiger partial charge in [0.1, 0.15) is 11.6 Å². The lowest BCUT2D eigenvalue weighted by atomic mass is 10.2. The topological polar surface area (TPSA) is 38.3 Å². The lowest BCUT2D eigenvalue weighted by Crippen LogP contribution is -2.36. The zero-order chi connectivity index (χ0) is 12.1. The molecule has 0 heterocycles. The summed E-state index contributed by atoms with van der Waals surface area (Å²) >= 11 is 0. The third-order valence-corrected chi connectivity index (χ3v) is 1.97. The highest BCUT2D eigenvalue weighted by molar-refractivity contribution is 5.94. The normalized spacial score (nSPS) is 12.2. The maximum atomic E-state index is 13.2. The van der Waals surface area contributed by atoms with E-state index in [2.05, 4.69) is 5.32 Å². The summed E-state index contributed by atoms with van der Waals surface area (Å²) in [6.45, 7) is 2.02. The largest absolute Gasteiger partial charge is 0.383 e. The van der Waals surface area contributed by atoms with Crippen LogP contribution in [0.3, 0.4) is 0 Å². The van der Waals surface area contributed by atoms with Crippen molar-refractivity contribution in [3.05, 3.63) is 35.4 Å². The number of rotatable bonds is 4. The zero-order valence-electron chi connectivity index (χ0n) is 9.09. The van der Waals surface area contributed by atoms with Gasteiger partial charge in [-0.3, -0.25) is 4.79 Å². The minimum absolute atomic E-state index is 0.264. The van der Waals surface area contributed by atoms with Gasteiger partial charge in [-0.05, 0) is 25.1 Å². The van der Waals surface area contributed by atoms with Crippen molar-refractivity contribution < 1.29 is 18.3 Å². The molecule has 0 bridgehead atoms. The summed E-state index contributed by atoms with van der Waals surface area (Å²) in [5.41, 5.74) is -0.303. The van der Waals surface area contributed by atoms with Crippen molar-refractivity contribution in [2.45, 2.75) is 13.0 Å². The fraction of sp³-hybridized carbons (Fsp3) is 0.364. The van der Waals surface area contributed by atoms with E-state index in [4.69, 9.17) is 4.74 Å². The van der Waals surface area contributed by atoms with Gasteiger partial charge in [0.25, 0.3) is 5.91 Å². The molecule has 1 aromatic rings. The Bertz CT molecular complexity index is 382. The van der Waals surface area contributed by atoms with Gasteiger partial charge in [-0.1, -0.05) is 0 Å². The molecule has 0 aliphatic rings. The van der Waals surface area contributed by atoms with Crippen LogP contribution in [0, 0.1) is 11.6 Å². The number of ether oxygens (including phenoxy) is 1. The molecule has 88 valence electrons. The van der Waals surface area contributed by atoms with Crippen molar-refractivity contribution in [3.8, 4) is 0 Å². The molecule has 5 heteroatoms. The van der Waals surface area contributed by atoms with Crippen LogP contribution in [-0.2, 0) is 4.74 Å². The van der Waals surface area contributed by atoms with Gasteiger partial charge in [0.15, 0.2) is 0 Å². The Kier molecular flexibility index (Phi) is 4.37. The van der Waals surface area contributed by atoms with E-state index in [0.717, 1.165) is 18.2 Å². The molecule has 1 atom stereocenters. The highest BCUT2D eigenvalue weighted by atomic mass is 19.1. The Hall–Kier alpha value is -1.49. The first-order chi connectivity index (χ1) is 7.54. The van der Waals surface area contributed by atoms with E-state index in [0.29, 0.717) is 6.61 Å². The average molecular weight is 229 g/mol. The minimum atomic E-state index is -0.747. The maximum Gasteiger partial charge on any atom is 0.254 e. The summed E-state index contributed by atoms with van der Waals surface area (Å²) in [7, 11) is 1.49. The first-order valence-electron chi connectivity index (χ1n) is 4.79. The first-order valence-corrected chi connectivity index (χ1v) is 4.79. The van der Waals surface area contributed by atoms with Gasteiger partial charge < -0.3 is 10.1 Å². The van der Waals surface area contributed by atoms with Crippen molar-refractivity contribution in [2.24, 2.45) is 0 Å². The van der Waals surface area contributed by atoms with Crippen molar-refractivity contribution in [3.63, 3.8) is 0 Å². The molecule has 1 amide bonds. The molecule has 0 saturated carbocycles. The summed E-state index contributed by atoms with van der Waals surface area (Å²) in [6.07, 6.45) is 0. The van der Waals surface area contributed by atoms with Gasteiger partial charge in [-0.15, -0.1) is 0 Å². The Morgan fingerprint density at radius 2 is 2.19 bits per heavy atom. The molecule has 3 nitrogen and oxygen atoms in total. The number of benzene rings is 1. The minimum Gasteiger partial charge on any atom is -0.383 e. The van der Waals surface area contributed by atoms with Gasteiger partial charge in [0, 0.05) is 13.2 Å². The third kappa shape index (κ3) is 3.27. The van der Waals surface area contributed by atoms with Gasteiger partial charge in [0.2, 0.25) is 0 Å². The number of carbonyl (C=O) groups excluding carboxylic acids is 1. The van der Waals surface area contributed by atoms with Crippen molar-refractivity contribution in [2.75, 3.05) is 13.7 Å². The number of carbonyl (C=O) groups is 1. The highest BCUT2D eigenvalue weighted by Gasteiger charge is 2.14. The van der Waals surface area contributed by atoms with E-state index < -0.39 is 17.5 Å². The number of halogens is 2. The van der Waals surface area contributed by atoms with Crippen molar-refractivity contribution in [1.82, 2.24) is 5.32 Å². The van der Waals surface area contributed by atoms with Gasteiger partial charge in [0.05, 0.1) is 12.2 Å². The quantitative estimate of drug-likeness (QED) is 0.853. The summed E-state index contributed by atoms with van der Waals surface area (Å²) in [5, 5.41) is 2.49. The van der Waals surface area contributed by atoms with Gasteiger partial charge in [-0.25, -0.2) is 8.78 Å². The Morgan fingerprint density at radius 1 is 1.50 bits per heavy atom. The number of hydrogen-bond donors (Lipinski definition) is 1. The summed E-state index contributed by atoms with van der Waals surface area (Å²) in [6, 6.07) is 2.49. The Labute approximate surface area is 92.4 Å². The number of hydrogen-bond acceptors (Lipinski definition) is 2. The Balaban J connectivity index is 2.76. The molecule has 1 N–H and O–H groups in total. The molecule has 0 spiro atoms. The van der Waals surface area contributed by atoms with Crippen LogP contribution in [0.15, 0.2) is 18.2 Å². The summed E-state index contributed by atoms with van der Waals surface area (Å²) in [4.78, 5) is 11.5. The zero-order valence-corrected chi connectivity index (χ0v) is 9.09. The standard InChI is InChI=1S/C11H13F2NO2/c1-7(6-16-2)14-11(15)9-5-8(12)3-4-10(9)13/h3-5,7H,6H2,1-2H3,(H,14,15).